The Bertz CT molecular complexity index is 562. The lowest BCUT2D eigenvalue weighted by molar-refractivity contribution is -0.132. The van der Waals surface area contributed by atoms with Crippen LogP contribution in [-0.2, 0) is 9.59 Å². The van der Waals surface area contributed by atoms with Gasteiger partial charge in [0.25, 0.3) is 0 Å². The van der Waals surface area contributed by atoms with Crippen molar-refractivity contribution in [2.24, 2.45) is 5.92 Å². The van der Waals surface area contributed by atoms with Crippen molar-refractivity contribution < 1.29 is 18.7 Å². The molecule has 1 saturated heterocycles. The molecule has 114 valence electrons. The number of hydrogen-bond donors (Lipinski definition) is 1. The predicted molar refractivity (Wildman–Crippen MR) is 76.7 cm³/mol. The van der Waals surface area contributed by atoms with Crippen molar-refractivity contribution in [3.05, 3.63) is 24.0 Å². The molecular formula is C15H19FN2O3. The Kier molecular flexibility index (Phi) is 4.45. The Morgan fingerprint density at radius 1 is 1.48 bits per heavy atom. The van der Waals surface area contributed by atoms with Gasteiger partial charge in [0.15, 0.2) is 0 Å². The Labute approximate surface area is 123 Å². The van der Waals surface area contributed by atoms with Crippen LogP contribution in [0.5, 0.6) is 5.75 Å². The summed E-state index contributed by atoms with van der Waals surface area (Å²) < 4.78 is 19.1. The van der Waals surface area contributed by atoms with Gasteiger partial charge in [0.1, 0.15) is 24.2 Å². The van der Waals surface area contributed by atoms with Crippen molar-refractivity contribution in [3.63, 3.8) is 0 Å². The molecule has 1 aromatic rings. The Balaban J connectivity index is 2.37. The summed E-state index contributed by atoms with van der Waals surface area (Å²) in [6, 6.07) is 3.51. The van der Waals surface area contributed by atoms with E-state index in [2.05, 4.69) is 5.32 Å². The van der Waals surface area contributed by atoms with Gasteiger partial charge in [-0.3, -0.25) is 14.5 Å². The number of nitrogens with one attached hydrogen (secondary N) is 1. The summed E-state index contributed by atoms with van der Waals surface area (Å²) in [7, 11) is 1.46. The van der Waals surface area contributed by atoms with Crippen molar-refractivity contribution in [2.45, 2.75) is 26.3 Å². The summed E-state index contributed by atoms with van der Waals surface area (Å²) in [6.07, 6.45) is 0.741. The van der Waals surface area contributed by atoms with Gasteiger partial charge in [0, 0.05) is 6.07 Å². The number of rotatable bonds is 4. The van der Waals surface area contributed by atoms with Gasteiger partial charge in [-0.05, 0) is 18.1 Å². The summed E-state index contributed by atoms with van der Waals surface area (Å²) >= 11 is 0. The quantitative estimate of drug-likeness (QED) is 0.919. The highest BCUT2D eigenvalue weighted by atomic mass is 19.1. The number of halogens is 1. The summed E-state index contributed by atoms with van der Waals surface area (Å²) in [6.45, 7) is 3.64. The molecule has 2 atom stereocenters. The van der Waals surface area contributed by atoms with Gasteiger partial charge >= 0.3 is 0 Å². The fraction of sp³-hybridized carbons (Fsp3) is 0.467. The predicted octanol–water partition coefficient (Wildman–Crippen LogP) is 1.71. The summed E-state index contributed by atoms with van der Waals surface area (Å²) in [5, 5.41) is 2.68. The monoisotopic (exact) mass is 294 g/mol. The smallest absolute Gasteiger partial charge is 0.250 e. The number of anilines is 1. The molecule has 1 aliphatic heterocycles. The van der Waals surface area contributed by atoms with E-state index in [-0.39, 0.29) is 30.0 Å². The second-order valence-corrected chi connectivity index (χ2v) is 5.17. The Morgan fingerprint density at radius 3 is 2.81 bits per heavy atom. The van der Waals surface area contributed by atoms with E-state index in [1.54, 1.807) is 0 Å². The number of methoxy groups -OCH3 is 1. The lowest BCUT2D eigenvalue weighted by Crippen LogP contribution is -2.60. The third-order valence-corrected chi connectivity index (χ3v) is 3.81. The molecular weight excluding hydrogens is 275 g/mol. The van der Waals surface area contributed by atoms with Gasteiger partial charge < -0.3 is 10.1 Å². The molecule has 1 N–H and O–H groups in total. The van der Waals surface area contributed by atoms with Crippen molar-refractivity contribution in [1.82, 2.24) is 5.32 Å². The minimum Gasteiger partial charge on any atom is -0.497 e. The molecule has 0 aromatic heterocycles. The molecule has 0 aliphatic carbocycles. The Hall–Kier alpha value is -2.11. The molecule has 6 heteroatoms. The zero-order chi connectivity index (χ0) is 15.6. The lowest BCUT2D eigenvalue weighted by atomic mass is 9.96. The first-order valence-corrected chi connectivity index (χ1v) is 6.92. The standard InChI is InChI=1S/C15H19FN2O3/c1-4-9(2)14-15(20)18(8-13(19)17-14)12-7-10(21-3)5-6-11(12)16/h5-7,9,14H,4,8H2,1-3H3,(H,17,19). The molecule has 0 radical (unpaired) electrons. The minimum atomic E-state index is -0.623. The number of carbonyl (C=O) groups excluding carboxylic acids is 2. The van der Waals surface area contributed by atoms with Gasteiger partial charge in [0.05, 0.1) is 12.8 Å². The molecule has 0 spiro atoms. The first-order valence-electron chi connectivity index (χ1n) is 6.92. The van der Waals surface area contributed by atoms with Crippen LogP contribution in [0.25, 0.3) is 0 Å². The third kappa shape index (κ3) is 2.99. The molecule has 0 saturated carbocycles. The van der Waals surface area contributed by atoms with Crippen molar-refractivity contribution in [3.8, 4) is 5.75 Å². The molecule has 1 aliphatic rings. The topological polar surface area (TPSA) is 58.6 Å². The highest BCUT2D eigenvalue weighted by Crippen LogP contribution is 2.27. The Morgan fingerprint density at radius 2 is 2.19 bits per heavy atom. The maximum absolute atomic E-state index is 14.0. The zero-order valence-corrected chi connectivity index (χ0v) is 12.4. The number of nitrogens with zero attached hydrogens (tertiary/aromatic N) is 1. The second kappa shape index (κ2) is 6.11. The van der Waals surface area contributed by atoms with Crippen molar-refractivity contribution in [2.75, 3.05) is 18.6 Å². The average Bonchev–Trinajstić information content (AvgIpc) is 2.49. The first kappa shape index (κ1) is 15.3. The van der Waals surface area contributed by atoms with E-state index in [1.807, 2.05) is 13.8 Å². The molecule has 2 amide bonds. The molecule has 0 bridgehead atoms. The van der Waals surface area contributed by atoms with Crippen LogP contribution in [0.3, 0.4) is 0 Å². The number of hydrogen-bond acceptors (Lipinski definition) is 3. The van der Waals surface area contributed by atoms with Gasteiger partial charge in [-0.2, -0.15) is 0 Å². The highest BCUT2D eigenvalue weighted by Gasteiger charge is 2.37. The highest BCUT2D eigenvalue weighted by molar-refractivity contribution is 6.06. The summed E-state index contributed by atoms with van der Waals surface area (Å²) in [4.78, 5) is 25.5. The summed E-state index contributed by atoms with van der Waals surface area (Å²) in [5.74, 6) is -0.719. The molecule has 5 nitrogen and oxygen atoms in total. The molecule has 2 unspecified atom stereocenters. The van der Waals surface area contributed by atoms with Gasteiger partial charge in [-0.25, -0.2) is 4.39 Å². The normalized spacial score (nSPS) is 20.2. The number of amides is 2. The van der Waals surface area contributed by atoms with E-state index in [0.29, 0.717) is 5.75 Å². The average molecular weight is 294 g/mol. The first-order chi connectivity index (χ1) is 9.97. The van der Waals surface area contributed by atoms with Crippen LogP contribution < -0.4 is 15.0 Å². The third-order valence-electron chi connectivity index (χ3n) is 3.81. The fourth-order valence-electron chi connectivity index (χ4n) is 2.32. The maximum atomic E-state index is 14.0. The van der Waals surface area contributed by atoms with Crippen LogP contribution in [-0.4, -0.2) is 31.5 Å². The number of carbonyl (C=O) groups is 2. The summed E-state index contributed by atoms with van der Waals surface area (Å²) in [5.41, 5.74) is 0.0718. The largest absolute Gasteiger partial charge is 0.497 e. The number of ether oxygens (including phenoxy) is 1. The number of benzene rings is 1. The van der Waals surface area contributed by atoms with Crippen LogP contribution >= 0.6 is 0 Å². The van der Waals surface area contributed by atoms with Crippen molar-refractivity contribution >= 4 is 17.5 Å². The minimum absolute atomic E-state index is 0.0158. The van der Waals surface area contributed by atoms with Crippen molar-refractivity contribution in [1.29, 1.82) is 0 Å². The van der Waals surface area contributed by atoms with Gasteiger partial charge in [-0.15, -0.1) is 0 Å². The maximum Gasteiger partial charge on any atom is 0.250 e. The fourth-order valence-corrected chi connectivity index (χ4v) is 2.32. The SMILES string of the molecule is CCC(C)C1NC(=O)CN(c2cc(OC)ccc2F)C1=O. The van der Waals surface area contributed by atoms with Crippen LogP contribution in [0.2, 0.25) is 0 Å². The van der Waals surface area contributed by atoms with E-state index in [0.717, 1.165) is 6.42 Å². The molecule has 21 heavy (non-hydrogen) atoms. The zero-order valence-electron chi connectivity index (χ0n) is 12.4. The van der Waals surface area contributed by atoms with Gasteiger partial charge in [-0.1, -0.05) is 20.3 Å². The van der Waals surface area contributed by atoms with Crippen LogP contribution in [0.4, 0.5) is 10.1 Å². The van der Waals surface area contributed by atoms with E-state index in [4.69, 9.17) is 4.74 Å². The lowest BCUT2D eigenvalue weighted by Gasteiger charge is -2.35. The molecule has 1 heterocycles. The van der Waals surface area contributed by atoms with Gasteiger partial charge in [0.2, 0.25) is 11.8 Å². The molecule has 1 fully saturated rings. The number of piperazine rings is 1. The molecule has 2 rings (SSSR count). The molecule has 1 aromatic carbocycles. The van der Waals surface area contributed by atoms with Crippen LogP contribution in [0.15, 0.2) is 18.2 Å². The van der Waals surface area contributed by atoms with Crippen LogP contribution in [0, 0.1) is 11.7 Å². The van der Waals surface area contributed by atoms with E-state index >= 15 is 0 Å². The second-order valence-electron chi connectivity index (χ2n) is 5.17. The van der Waals surface area contributed by atoms with E-state index in [9.17, 15) is 14.0 Å². The van der Waals surface area contributed by atoms with E-state index in [1.165, 1.54) is 30.2 Å². The van der Waals surface area contributed by atoms with Crippen LogP contribution in [0.1, 0.15) is 20.3 Å². The van der Waals surface area contributed by atoms with E-state index < -0.39 is 11.9 Å².